The zero-order valence-corrected chi connectivity index (χ0v) is 18.7. The number of rotatable bonds is 4. The van der Waals surface area contributed by atoms with Crippen LogP contribution in [0.2, 0.25) is 0 Å². The number of fused-ring (bicyclic) bond motifs is 1. The molecule has 2 atom stereocenters. The second-order valence-corrected chi connectivity index (χ2v) is 8.42. The molecule has 2 aliphatic heterocycles. The van der Waals surface area contributed by atoms with Crippen molar-refractivity contribution in [3.63, 3.8) is 0 Å². The fourth-order valence-electron chi connectivity index (χ4n) is 4.58. The number of ether oxygens (including phenoxy) is 2. The number of hydrogen-bond acceptors (Lipinski definition) is 6. The number of phenols is 1. The van der Waals surface area contributed by atoms with Crippen LogP contribution in [0, 0.1) is 0 Å². The summed E-state index contributed by atoms with van der Waals surface area (Å²) < 4.78 is 10.9. The summed E-state index contributed by atoms with van der Waals surface area (Å²) in [5.41, 5.74) is 2.27. The van der Waals surface area contributed by atoms with Gasteiger partial charge in [-0.1, -0.05) is 12.1 Å². The van der Waals surface area contributed by atoms with Gasteiger partial charge < -0.3 is 19.7 Å². The Labute approximate surface area is 196 Å². The normalized spacial score (nSPS) is 20.8. The Morgan fingerprint density at radius 3 is 2.53 bits per heavy atom. The molecule has 0 aliphatic carbocycles. The van der Waals surface area contributed by atoms with E-state index in [0.717, 1.165) is 11.3 Å². The maximum absolute atomic E-state index is 13.3. The first kappa shape index (κ1) is 21.6. The highest BCUT2D eigenvalue weighted by atomic mass is 16.5. The van der Waals surface area contributed by atoms with Gasteiger partial charge in [-0.2, -0.15) is 0 Å². The number of benzene rings is 3. The number of carbonyl (C=O) groups is 2. The summed E-state index contributed by atoms with van der Waals surface area (Å²) in [6.45, 7) is 1.96. The Morgan fingerprint density at radius 1 is 1.06 bits per heavy atom. The topological polar surface area (TPSA) is 96.3 Å². The third-order valence-corrected chi connectivity index (χ3v) is 6.15. The fraction of sp³-hybridized carbons (Fsp3) is 0.185. The smallest absolute Gasteiger partial charge is 0.300 e. The third-order valence-electron chi connectivity index (χ3n) is 6.15. The van der Waals surface area contributed by atoms with Crippen LogP contribution in [0.5, 0.6) is 17.2 Å². The first-order chi connectivity index (χ1) is 16.4. The summed E-state index contributed by atoms with van der Waals surface area (Å²) in [5, 5.41) is 21.4. The van der Waals surface area contributed by atoms with Gasteiger partial charge in [0.2, 0.25) is 0 Å². The third kappa shape index (κ3) is 3.55. The van der Waals surface area contributed by atoms with Crippen molar-refractivity contribution in [2.24, 2.45) is 0 Å². The number of aliphatic hydroxyl groups excluding tert-OH is 1. The number of Topliss-reactive ketones (excluding diaryl/α,β-unsaturated/α-hetero) is 1. The van der Waals surface area contributed by atoms with E-state index in [9.17, 15) is 19.8 Å². The molecular formula is C27H23NO6. The molecule has 1 fully saturated rings. The molecule has 1 saturated heterocycles. The minimum atomic E-state index is -0.927. The summed E-state index contributed by atoms with van der Waals surface area (Å²) in [6, 6.07) is 17.4. The van der Waals surface area contributed by atoms with Crippen LogP contribution in [0.25, 0.3) is 5.76 Å². The molecule has 5 rings (SSSR count). The Hall–Kier alpha value is -4.26. The van der Waals surface area contributed by atoms with Crippen LogP contribution in [0.4, 0.5) is 5.69 Å². The lowest BCUT2D eigenvalue weighted by Crippen LogP contribution is -2.29. The van der Waals surface area contributed by atoms with Gasteiger partial charge in [0.05, 0.1) is 18.7 Å². The van der Waals surface area contributed by atoms with Crippen molar-refractivity contribution in [1.29, 1.82) is 0 Å². The second kappa shape index (κ2) is 8.26. The summed E-state index contributed by atoms with van der Waals surface area (Å²) in [4.78, 5) is 27.8. The van der Waals surface area contributed by atoms with E-state index in [1.807, 2.05) is 6.92 Å². The van der Waals surface area contributed by atoms with Crippen LogP contribution in [0.3, 0.4) is 0 Å². The zero-order valence-electron chi connectivity index (χ0n) is 18.7. The maximum Gasteiger partial charge on any atom is 0.300 e. The van der Waals surface area contributed by atoms with Crippen LogP contribution in [0.1, 0.15) is 29.7 Å². The van der Waals surface area contributed by atoms with Crippen molar-refractivity contribution < 1.29 is 29.3 Å². The number of ketones is 1. The van der Waals surface area contributed by atoms with Crippen molar-refractivity contribution in [3.8, 4) is 17.2 Å². The maximum atomic E-state index is 13.3. The largest absolute Gasteiger partial charge is 0.508 e. The molecule has 3 aromatic carbocycles. The molecule has 3 aromatic rings. The summed E-state index contributed by atoms with van der Waals surface area (Å²) >= 11 is 0. The second-order valence-electron chi connectivity index (χ2n) is 8.42. The average Bonchev–Trinajstić information content (AvgIpc) is 3.34. The first-order valence-electron chi connectivity index (χ1n) is 10.9. The molecule has 1 amide bonds. The number of carbonyl (C=O) groups excluding carboxylic acids is 2. The molecule has 2 N–H and O–H groups in total. The van der Waals surface area contributed by atoms with Gasteiger partial charge in [0, 0.05) is 17.7 Å². The number of nitrogens with zero attached hydrogens (tertiary/aromatic N) is 1. The van der Waals surface area contributed by atoms with Gasteiger partial charge in [-0.15, -0.1) is 0 Å². The lowest BCUT2D eigenvalue weighted by Gasteiger charge is -2.25. The van der Waals surface area contributed by atoms with Crippen LogP contribution in [-0.2, 0) is 16.0 Å². The Morgan fingerprint density at radius 2 is 1.82 bits per heavy atom. The van der Waals surface area contributed by atoms with E-state index in [1.54, 1.807) is 54.6 Å². The van der Waals surface area contributed by atoms with E-state index in [1.165, 1.54) is 24.1 Å². The van der Waals surface area contributed by atoms with E-state index in [2.05, 4.69) is 0 Å². The van der Waals surface area contributed by atoms with E-state index in [0.29, 0.717) is 29.0 Å². The molecule has 0 bridgehead atoms. The van der Waals surface area contributed by atoms with Crippen LogP contribution >= 0.6 is 0 Å². The molecule has 2 aliphatic rings. The average molecular weight is 457 g/mol. The summed E-state index contributed by atoms with van der Waals surface area (Å²) in [5.74, 6) is -0.507. The molecule has 34 heavy (non-hydrogen) atoms. The van der Waals surface area contributed by atoms with Crippen molar-refractivity contribution in [3.05, 3.63) is 89.0 Å². The number of methoxy groups -OCH3 is 1. The van der Waals surface area contributed by atoms with Gasteiger partial charge in [0.15, 0.2) is 0 Å². The minimum Gasteiger partial charge on any atom is -0.508 e. The van der Waals surface area contributed by atoms with Crippen molar-refractivity contribution in [2.45, 2.75) is 25.5 Å². The lowest BCUT2D eigenvalue weighted by molar-refractivity contribution is -0.132. The molecule has 7 nitrogen and oxygen atoms in total. The van der Waals surface area contributed by atoms with Crippen molar-refractivity contribution in [1.82, 2.24) is 0 Å². The molecule has 7 heteroatoms. The Bertz CT molecular complexity index is 1330. The zero-order chi connectivity index (χ0) is 24.0. The van der Waals surface area contributed by atoms with Crippen LogP contribution < -0.4 is 14.4 Å². The van der Waals surface area contributed by atoms with E-state index < -0.39 is 17.7 Å². The van der Waals surface area contributed by atoms with E-state index in [-0.39, 0.29) is 23.2 Å². The van der Waals surface area contributed by atoms with E-state index in [4.69, 9.17) is 9.47 Å². The van der Waals surface area contributed by atoms with Gasteiger partial charge in [-0.05, 0) is 72.6 Å². The minimum absolute atomic E-state index is 0.0125. The lowest BCUT2D eigenvalue weighted by atomic mass is 9.94. The predicted octanol–water partition coefficient (Wildman–Crippen LogP) is 4.35. The molecule has 0 aromatic heterocycles. The van der Waals surface area contributed by atoms with Gasteiger partial charge in [-0.25, -0.2) is 0 Å². The van der Waals surface area contributed by atoms with Gasteiger partial charge in [0.1, 0.15) is 29.1 Å². The van der Waals surface area contributed by atoms with E-state index >= 15 is 0 Å². The monoisotopic (exact) mass is 457 g/mol. The Balaban J connectivity index is 1.68. The predicted molar refractivity (Wildman–Crippen MR) is 126 cm³/mol. The molecule has 172 valence electrons. The highest BCUT2D eigenvalue weighted by Crippen LogP contribution is 2.43. The number of aliphatic hydroxyl groups is 1. The summed E-state index contributed by atoms with van der Waals surface area (Å²) in [6.07, 6.45) is 0.715. The number of hydrogen-bond donors (Lipinski definition) is 2. The number of aromatic hydroxyl groups is 1. The van der Waals surface area contributed by atoms with Gasteiger partial charge >= 0.3 is 0 Å². The van der Waals surface area contributed by atoms with Gasteiger partial charge in [0.25, 0.3) is 11.7 Å². The molecule has 0 saturated carbocycles. The molecule has 2 heterocycles. The molecule has 0 spiro atoms. The quantitative estimate of drug-likeness (QED) is 0.344. The van der Waals surface area contributed by atoms with Gasteiger partial charge in [-0.3, -0.25) is 14.5 Å². The highest BCUT2D eigenvalue weighted by molar-refractivity contribution is 6.51. The SMILES string of the molecule is COc1ccc(N2C(=O)C(=O)/C(=C(\O)c3ccc4c(c3)CC(C)O4)C2c2cccc(O)c2)cc1. The Kier molecular flexibility index (Phi) is 5.24. The molecule has 2 unspecified atom stereocenters. The summed E-state index contributed by atoms with van der Waals surface area (Å²) in [7, 11) is 1.54. The highest BCUT2D eigenvalue weighted by Gasteiger charge is 2.47. The number of amides is 1. The number of phenolic OH excluding ortho intramolecular Hbond substituents is 1. The fourth-order valence-corrected chi connectivity index (χ4v) is 4.58. The van der Waals surface area contributed by atoms with Crippen LogP contribution in [-0.4, -0.2) is 35.1 Å². The van der Waals surface area contributed by atoms with Crippen molar-refractivity contribution in [2.75, 3.05) is 12.0 Å². The number of anilines is 1. The van der Waals surface area contributed by atoms with Crippen molar-refractivity contribution >= 4 is 23.1 Å². The molecule has 0 radical (unpaired) electrons. The first-order valence-corrected chi connectivity index (χ1v) is 10.9. The molecular weight excluding hydrogens is 434 g/mol. The standard InChI is InChI=1S/C27H23NO6/c1-15-12-18-13-17(6-11-22(18)34-15)25(30)23-24(16-4-3-5-20(29)14-16)28(27(32)26(23)31)19-7-9-21(33-2)10-8-19/h3-11,13-15,24,29-30H,12H2,1-2H3/b25-23-. The van der Waals surface area contributed by atoms with Crippen LogP contribution in [0.15, 0.2) is 72.3 Å².